The summed E-state index contributed by atoms with van der Waals surface area (Å²) in [6.07, 6.45) is 2.48. The summed E-state index contributed by atoms with van der Waals surface area (Å²) >= 11 is 1.19. The number of thiophene rings is 1. The van der Waals surface area contributed by atoms with Gasteiger partial charge < -0.3 is 10.6 Å². The Morgan fingerprint density at radius 1 is 1.11 bits per heavy atom. The van der Waals surface area contributed by atoms with Gasteiger partial charge in [-0.3, -0.25) is 9.59 Å². The van der Waals surface area contributed by atoms with Crippen LogP contribution in [-0.4, -0.2) is 37.1 Å². The van der Waals surface area contributed by atoms with Crippen molar-refractivity contribution in [2.75, 3.05) is 17.2 Å². The van der Waals surface area contributed by atoms with Crippen LogP contribution in [0.1, 0.15) is 32.6 Å². The molecule has 1 aliphatic heterocycles. The zero-order valence-corrected chi connectivity index (χ0v) is 17.2. The quantitative estimate of drug-likeness (QED) is 0.748. The van der Waals surface area contributed by atoms with Gasteiger partial charge in [-0.2, -0.15) is 4.31 Å². The van der Waals surface area contributed by atoms with Crippen molar-refractivity contribution in [1.29, 1.82) is 0 Å². The fraction of sp³-hybridized carbons (Fsp3) is 0.368. The number of carbonyl (C=O) groups is 2. The molecule has 2 heterocycles. The Morgan fingerprint density at radius 2 is 1.79 bits per heavy atom. The highest BCUT2D eigenvalue weighted by atomic mass is 32.2. The van der Waals surface area contributed by atoms with Crippen LogP contribution < -0.4 is 10.6 Å². The molecule has 0 saturated carbocycles. The Hall–Kier alpha value is -2.23. The van der Waals surface area contributed by atoms with E-state index >= 15 is 0 Å². The van der Waals surface area contributed by atoms with Crippen LogP contribution in [0.3, 0.4) is 0 Å². The van der Waals surface area contributed by atoms with E-state index in [1.807, 2.05) is 0 Å². The highest BCUT2D eigenvalue weighted by Crippen LogP contribution is 2.29. The number of rotatable bonds is 6. The van der Waals surface area contributed by atoms with E-state index in [4.69, 9.17) is 0 Å². The third-order valence-corrected chi connectivity index (χ3v) is 7.87. The van der Waals surface area contributed by atoms with Gasteiger partial charge in [0.05, 0.1) is 0 Å². The molecule has 2 amide bonds. The molecule has 28 heavy (non-hydrogen) atoms. The van der Waals surface area contributed by atoms with Gasteiger partial charge in [-0.1, -0.05) is 12.5 Å². The third kappa shape index (κ3) is 4.98. The van der Waals surface area contributed by atoms with E-state index in [1.165, 1.54) is 22.6 Å². The Bertz CT molecular complexity index is 925. The predicted molar refractivity (Wildman–Crippen MR) is 110 cm³/mol. The standard InChI is InChI=1S/C19H23N3O4S2/c1-14(23)20-15-7-9-16(10-8-15)21-18(24)13-17-5-2-3-11-22(17)28(25,26)19-6-4-12-27-19/h4,6-10,12,17H,2-3,5,11,13H2,1H3,(H,20,23)(H,21,24). The van der Waals surface area contributed by atoms with Crippen molar-refractivity contribution >= 4 is 44.5 Å². The summed E-state index contributed by atoms with van der Waals surface area (Å²) in [7, 11) is -3.57. The molecule has 1 aliphatic rings. The normalized spacial score (nSPS) is 17.8. The number of nitrogens with zero attached hydrogens (tertiary/aromatic N) is 1. The highest BCUT2D eigenvalue weighted by Gasteiger charge is 2.35. The number of hydrogen-bond acceptors (Lipinski definition) is 5. The van der Waals surface area contributed by atoms with E-state index in [1.54, 1.807) is 41.8 Å². The number of nitrogens with one attached hydrogen (secondary N) is 2. The fourth-order valence-corrected chi connectivity index (χ4v) is 6.10. The Morgan fingerprint density at radius 3 is 2.39 bits per heavy atom. The molecule has 0 spiro atoms. The Balaban J connectivity index is 1.65. The molecule has 9 heteroatoms. The average molecular weight is 422 g/mol. The third-order valence-electron chi connectivity index (χ3n) is 4.54. The van der Waals surface area contributed by atoms with E-state index in [2.05, 4.69) is 10.6 Å². The van der Waals surface area contributed by atoms with Crippen molar-refractivity contribution in [2.24, 2.45) is 0 Å². The molecule has 7 nitrogen and oxygen atoms in total. The lowest BCUT2D eigenvalue weighted by molar-refractivity contribution is -0.117. The molecule has 1 aromatic carbocycles. The van der Waals surface area contributed by atoms with Crippen LogP contribution >= 0.6 is 11.3 Å². The number of benzene rings is 1. The average Bonchev–Trinajstić information content (AvgIpc) is 3.19. The minimum absolute atomic E-state index is 0.109. The highest BCUT2D eigenvalue weighted by molar-refractivity contribution is 7.91. The monoisotopic (exact) mass is 421 g/mol. The molecular formula is C19H23N3O4S2. The SMILES string of the molecule is CC(=O)Nc1ccc(NC(=O)CC2CCCCN2S(=O)(=O)c2cccs2)cc1. The fourth-order valence-electron chi connectivity index (χ4n) is 3.29. The minimum atomic E-state index is -3.57. The topological polar surface area (TPSA) is 95.6 Å². The van der Waals surface area contributed by atoms with Gasteiger partial charge in [-0.25, -0.2) is 8.42 Å². The summed E-state index contributed by atoms with van der Waals surface area (Å²) in [5, 5.41) is 7.21. The van der Waals surface area contributed by atoms with Gasteiger partial charge in [0.25, 0.3) is 10.0 Å². The number of hydrogen-bond donors (Lipinski definition) is 2. The van der Waals surface area contributed by atoms with Crippen molar-refractivity contribution in [3.8, 4) is 0 Å². The second-order valence-corrected chi connectivity index (χ2v) is 9.77. The van der Waals surface area contributed by atoms with E-state index in [-0.39, 0.29) is 24.3 Å². The lowest BCUT2D eigenvalue weighted by atomic mass is 10.0. The summed E-state index contributed by atoms with van der Waals surface area (Å²) in [5.41, 5.74) is 1.24. The first-order valence-electron chi connectivity index (χ1n) is 9.09. The first-order valence-corrected chi connectivity index (χ1v) is 11.4. The van der Waals surface area contributed by atoms with Crippen LogP contribution in [0.15, 0.2) is 46.0 Å². The zero-order valence-electron chi connectivity index (χ0n) is 15.6. The van der Waals surface area contributed by atoms with Crippen LogP contribution in [0.5, 0.6) is 0 Å². The van der Waals surface area contributed by atoms with Gasteiger partial charge in [-0.05, 0) is 48.6 Å². The molecule has 1 aromatic heterocycles. The molecule has 1 atom stereocenters. The summed E-state index contributed by atoms with van der Waals surface area (Å²) in [4.78, 5) is 23.6. The number of carbonyl (C=O) groups excluding carboxylic acids is 2. The summed E-state index contributed by atoms with van der Waals surface area (Å²) < 4.78 is 27.6. The lowest BCUT2D eigenvalue weighted by Crippen LogP contribution is -2.45. The zero-order chi connectivity index (χ0) is 20.1. The molecule has 0 bridgehead atoms. The second kappa shape index (κ2) is 8.85. The summed E-state index contributed by atoms with van der Waals surface area (Å²) in [6, 6.07) is 9.76. The second-order valence-electron chi connectivity index (χ2n) is 6.71. The van der Waals surface area contributed by atoms with Crippen LogP contribution in [0.4, 0.5) is 11.4 Å². The van der Waals surface area contributed by atoms with Gasteiger partial charge in [0.1, 0.15) is 4.21 Å². The molecular weight excluding hydrogens is 398 g/mol. The summed E-state index contributed by atoms with van der Waals surface area (Å²) in [5.74, 6) is -0.397. The molecule has 150 valence electrons. The number of sulfonamides is 1. The van der Waals surface area contributed by atoms with E-state index in [0.717, 1.165) is 12.8 Å². The minimum Gasteiger partial charge on any atom is -0.326 e. The number of amides is 2. The molecule has 1 fully saturated rings. The molecule has 0 aliphatic carbocycles. The predicted octanol–water partition coefficient (Wildman–Crippen LogP) is 3.28. The van der Waals surface area contributed by atoms with Crippen LogP contribution in [0, 0.1) is 0 Å². The number of piperidine rings is 1. The maximum atomic E-state index is 12.9. The van der Waals surface area contributed by atoms with Crippen molar-refractivity contribution in [1.82, 2.24) is 4.31 Å². The largest absolute Gasteiger partial charge is 0.326 e. The molecule has 3 rings (SSSR count). The first kappa shape index (κ1) is 20.5. The van der Waals surface area contributed by atoms with Gasteiger partial charge in [0.2, 0.25) is 11.8 Å². The van der Waals surface area contributed by atoms with Gasteiger partial charge in [0.15, 0.2) is 0 Å². The van der Waals surface area contributed by atoms with Crippen molar-refractivity contribution in [3.63, 3.8) is 0 Å². The van der Waals surface area contributed by atoms with Crippen LogP contribution in [0.2, 0.25) is 0 Å². The van der Waals surface area contributed by atoms with Gasteiger partial charge in [-0.15, -0.1) is 11.3 Å². The van der Waals surface area contributed by atoms with Crippen molar-refractivity contribution in [3.05, 3.63) is 41.8 Å². The smallest absolute Gasteiger partial charge is 0.252 e. The van der Waals surface area contributed by atoms with Gasteiger partial charge in [0, 0.05) is 37.3 Å². The Kier molecular flexibility index (Phi) is 6.48. The van der Waals surface area contributed by atoms with E-state index < -0.39 is 10.0 Å². The molecule has 0 radical (unpaired) electrons. The first-order chi connectivity index (χ1) is 13.4. The molecule has 2 aromatic rings. The van der Waals surface area contributed by atoms with Crippen LogP contribution in [0.25, 0.3) is 0 Å². The van der Waals surface area contributed by atoms with Gasteiger partial charge >= 0.3 is 0 Å². The van der Waals surface area contributed by atoms with E-state index in [9.17, 15) is 18.0 Å². The van der Waals surface area contributed by atoms with Crippen LogP contribution in [-0.2, 0) is 19.6 Å². The Labute approximate surface area is 168 Å². The number of anilines is 2. The molecule has 1 unspecified atom stereocenters. The van der Waals surface area contributed by atoms with E-state index in [0.29, 0.717) is 28.5 Å². The molecule has 1 saturated heterocycles. The molecule has 2 N–H and O–H groups in total. The summed E-state index contributed by atoms with van der Waals surface area (Å²) in [6.45, 7) is 1.86. The maximum Gasteiger partial charge on any atom is 0.252 e. The lowest BCUT2D eigenvalue weighted by Gasteiger charge is -2.34. The van der Waals surface area contributed by atoms with Crippen molar-refractivity contribution in [2.45, 2.75) is 42.9 Å². The maximum absolute atomic E-state index is 12.9. The van der Waals surface area contributed by atoms with Crippen molar-refractivity contribution < 1.29 is 18.0 Å².